The van der Waals surface area contributed by atoms with E-state index in [0.29, 0.717) is 22.2 Å². The van der Waals surface area contributed by atoms with Crippen LogP contribution in [0.3, 0.4) is 0 Å². The summed E-state index contributed by atoms with van der Waals surface area (Å²) >= 11 is 11.9. The number of hydrogen-bond donors (Lipinski definition) is 2. The smallest absolute Gasteiger partial charge is 0.230 e. The normalized spacial score (nSPS) is 30.4. The number of rotatable bonds is 3. The van der Waals surface area contributed by atoms with Gasteiger partial charge >= 0.3 is 0 Å². The Morgan fingerprint density at radius 2 is 2.00 bits per heavy atom. The maximum atomic E-state index is 12.9. The molecule has 4 rings (SSSR count). The Morgan fingerprint density at radius 3 is 2.72 bits per heavy atom. The molecule has 1 aromatic carbocycles. The van der Waals surface area contributed by atoms with Gasteiger partial charge in [0.1, 0.15) is 6.33 Å². The van der Waals surface area contributed by atoms with E-state index in [1.165, 1.54) is 6.33 Å². The van der Waals surface area contributed by atoms with Gasteiger partial charge in [0.2, 0.25) is 5.91 Å². The van der Waals surface area contributed by atoms with E-state index < -0.39 is 18.1 Å². The van der Waals surface area contributed by atoms with Crippen molar-refractivity contribution in [3.05, 3.63) is 52.5 Å². The van der Waals surface area contributed by atoms with Crippen molar-refractivity contribution in [3.63, 3.8) is 0 Å². The summed E-state index contributed by atoms with van der Waals surface area (Å²) in [5.74, 6) is -0.918. The minimum Gasteiger partial charge on any atom is -0.390 e. The highest BCUT2D eigenvalue weighted by Gasteiger charge is 2.57. The summed E-state index contributed by atoms with van der Waals surface area (Å²) in [5, 5.41) is 13.8. The average molecular weight is 380 g/mol. The van der Waals surface area contributed by atoms with Crippen molar-refractivity contribution >= 4 is 34.8 Å². The lowest BCUT2D eigenvalue weighted by Gasteiger charge is -2.29. The number of ether oxygens (including phenoxy) is 1. The molecule has 2 bridgehead atoms. The molecule has 130 valence electrons. The van der Waals surface area contributed by atoms with E-state index >= 15 is 0 Å². The summed E-state index contributed by atoms with van der Waals surface area (Å²) in [4.78, 5) is 21.0. The number of aliphatic hydroxyl groups excluding tert-OH is 1. The summed E-state index contributed by atoms with van der Waals surface area (Å²) in [7, 11) is 0. The number of hydrogen-bond acceptors (Lipinski definition) is 5. The predicted molar refractivity (Wildman–Crippen MR) is 92.6 cm³/mol. The zero-order chi connectivity index (χ0) is 17.6. The molecule has 0 unspecified atom stereocenters. The maximum absolute atomic E-state index is 12.9. The third-order valence-electron chi connectivity index (χ3n) is 4.78. The number of aromatic nitrogens is 2. The standard InChI is InChI=1S/C17H15Cl2N3O3/c18-10-2-1-9(3-11(10)19)22-17(24)15-13-4-12(23)16(25-13)14(15)8-5-20-7-21-6-8/h1-3,5-7,12-16,23H,4H2,(H,22,24)/t12-,13+,14+,15-,16-/m0/s1. The van der Waals surface area contributed by atoms with Crippen LogP contribution >= 0.6 is 23.2 Å². The molecule has 0 aliphatic carbocycles. The number of carbonyl (C=O) groups is 1. The van der Waals surface area contributed by atoms with Crippen molar-refractivity contribution in [2.45, 2.75) is 30.7 Å². The molecular formula is C17H15Cl2N3O3. The van der Waals surface area contributed by atoms with Crippen LogP contribution in [-0.4, -0.2) is 39.3 Å². The highest BCUT2D eigenvalue weighted by Crippen LogP contribution is 2.49. The third kappa shape index (κ3) is 3.00. The van der Waals surface area contributed by atoms with E-state index in [-0.39, 0.29) is 17.9 Å². The fourth-order valence-electron chi connectivity index (χ4n) is 3.72. The van der Waals surface area contributed by atoms with Gasteiger partial charge in [-0.2, -0.15) is 0 Å². The largest absolute Gasteiger partial charge is 0.390 e. The number of nitrogens with one attached hydrogen (secondary N) is 1. The Kier molecular flexibility index (Phi) is 4.37. The quantitative estimate of drug-likeness (QED) is 0.856. The number of nitrogens with zero attached hydrogens (tertiary/aromatic N) is 2. The van der Waals surface area contributed by atoms with Crippen LogP contribution in [0.1, 0.15) is 17.9 Å². The van der Waals surface area contributed by atoms with Gasteiger partial charge in [-0.15, -0.1) is 0 Å². The topological polar surface area (TPSA) is 84.3 Å². The fraction of sp³-hybridized carbons (Fsp3) is 0.353. The van der Waals surface area contributed by atoms with Crippen LogP contribution in [0.15, 0.2) is 36.9 Å². The Labute approximate surface area is 154 Å². The lowest BCUT2D eigenvalue weighted by Crippen LogP contribution is -2.41. The molecule has 2 saturated heterocycles. The van der Waals surface area contributed by atoms with E-state index in [4.69, 9.17) is 27.9 Å². The second-order valence-electron chi connectivity index (χ2n) is 6.28. The van der Waals surface area contributed by atoms with Gasteiger partial charge in [0.15, 0.2) is 0 Å². The first-order chi connectivity index (χ1) is 12.0. The molecule has 2 N–H and O–H groups in total. The zero-order valence-corrected chi connectivity index (χ0v) is 14.5. The number of benzene rings is 1. The second-order valence-corrected chi connectivity index (χ2v) is 7.10. The van der Waals surface area contributed by atoms with Gasteiger partial charge in [0.25, 0.3) is 0 Å². The van der Waals surface area contributed by atoms with Crippen molar-refractivity contribution in [3.8, 4) is 0 Å². The van der Waals surface area contributed by atoms with Gasteiger partial charge in [0.05, 0.1) is 34.3 Å². The minimum absolute atomic E-state index is 0.188. The van der Waals surface area contributed by atoms with Crippen LogP contribution in [0, 0.1) is 5.92 Å². The molecule has 8 heteroatoms. The van der Waals surface area contributed by atoms with Crippen molar-refractivity contribution in [1.82, 2.24) is 9.97 Å². The van der Waals surface area contributed by atoms with E-state index in [9.17, 15) is 9.90 Å². The average Bonchev–Trinajstić information content (AvgIpc) is 3.16. The molecule has 6 nitrogen and oxygen atoms in total. The number of halogens is 2. The summed E-state index contributed by atoms with van der Waals surface area (Å²) in [6.07, 6.45) is 3.83. The second kappa shape index (κ2) is 6.53. The van der Waals surface area contributed by atoms with Crippen molar-refractivity contribution in [2.24, 2.45) is 5.92 Å². The SMILES string of the molecule is O=C(Nc1ccc(Cl)c(Cl)c1)[C@@H]1[C@@H](c2cncnc2)[C@H]2O[C@@H]1C[C@@H]2O. The van der Waals surface area contributed by atoms with Gasteiger partial charge in [-0.1, -0.05) is 23.2 Å². The molecular weight excluding hydrogens is 365 g/mol. The van der Waals surface area contributed by atoms with Crippen LogP contribution in [0.2, 0.25) is 10.0 Å². The summed E-state index contributed by atoms with van der Waals surface area (Å²) < 4.78 is 5.85. The van der Waals surface area contributed by atoms with Gasteiger partial charge < -0.3 is 15.2 Å². The predicted octanol–water partition coefficient (Wildman–Crippen LogP) is 2.65. The molecule has 0 saturated carbocycles. The summed E-state index contributed by atoms with van der Waals surface area (Å²) in [6, 6.07) is 4.92. The number of fused-ring (bicyclic) bond motifs is 2. The number of amides is 1. The van der Waals surface area contributed by atoms with Crippen molar-refractivity contribution < 1.29 is 14.6 Å². The molecule has 25 heavy (non-hydrogen) atoms. The first-order valence-electron chi connectivity index (χ1n) is 7.89. The molecule has 2 fully saturated rings. The third-order valence-corrected chi connectivity index (χ3v) is 5.52. The van der Waals surface area contributed by atoms with Crippen LogP contribution in [0.4, 0.5) is 5.69 Å². The fourth-order valence-corrected chi connectivity index (χ4v) is 4.02. The van der Waals surface area contributed by atoms with Crippen LogP contribution in [-0.2, 0) is 9.53 Å². The first kappa shape index (κ1) is 16.7. The number of anilines is 1. The number of aliphatic hydroxyl groups is 1. The molecule has 2 aliphatic rings. The Hall–Kier alpha value is -1.73. The molecule has 0 spiro atoms. The molecule has 1 amide bonds. The van der Waals surface area contributed by atoms with Crippen LogP contribution < -0.4 is 5.32 Å². The molecule has 0 radical (unpaired) electrons. The van der Waals surface area contributed by atoms with E-state index in [1.807, 2.05) is 0 Å². The first-order valence-corrected chi connectivity index (χ1v) is 8.64. The minimum atomic E-state index is -0.593. The van der Waals surface area contributed by atoms with Crippen LogP contribution in [0.5, 0.6) is 0 Å². The maximum Gasteiger partial charge on any atom is 0.230 e. The Morgan fingerprint density at radius 1 is 1.24 bits per heavy atom. The van der Waals surface area contributed by atoms with Crippen molar-refractivity contribution in [2.75, 3.05) is 5.32 Å². The van der Waals surface area contributed by atoms with Gasteiger partial charge in [-0.05, 0) is 23.8 Å². The molecule has 1 aromatic heterocycles. The number of carbonyl (C=O) groups excluding carboxylic acids is 1. The monoisotopic (exact) mass is 379 g/mol. The van der Waals surface area contributed by atoms with Crippen molar-refractivity contribution in [1.29, 1.82) is 0 Å². The lowest BCUT2D eigenvalue weighted by atomic mass is 9.74. The summed E-state index contributed by atoms with van der Waals surface area (Å²) in [6.45, 7) is 0. The Balaban J connectivity index is 1.61. The highest BCUT2D eigenvalue weighted by atomic mass is 35.5. The van der Waals surface area contributed by atoms with E-state index in [1.54, 1.807) is 30.6 Å². The van der Waals surface area contributed by atoms with Gasteiger partial charge in [0, 0.05) is 30.4 Å². The van der Waals surface area contributed by atoms with E-state index in [0.717, 1.165) is 5.56 Å². The zero-order valence-electron chi connectivity index (χ0n) is 13.0. The van der Waals surface area contributed by atoms with Gasteiger partial charge in [-0.3, -0.25) is 4.79 Å². The lowest BCUT2D eigenvalue weighted by molar-refractivity contribution is -0.121. The molecule has 2 aromatic rings. The Bertz CT molecular complexity index is 805. The highest BCUT2D eigenvalue weighted by molar-refractivity contribution is 6.42. The van der Waals surface area contributed by atoms with Crippen LogP contribution in [0.25, 0.3) is 0 Å². The van der Waals surface area contributed by atoms with E-state index in [2.05, 4.69) is 15.3 Å². The summed E-state index contributed by atoms with van der Waals surface area (Å²) in [5.41, 5.74) is 1.34. The molecule has 3 heterocycles. The molecule has 2 aliphatic heterocycles. The van der Waals surface area contributed by atoms with Gasteiger partial charge in [-0.25, -0.2) is 9.97 Å². The molecule has 5 atom stereocenters.